The fraction of sp³-hybridized carbons (Fsp3) is 0.647. The zero-order chi connectivity index (χ0) is 14.8. The first-order chi connectivity index (χ1) is 10.2. The van der Waals surface area contributed by atoms with E-state index in [1.165, 1.54) is 30.5 Å². The summed E-state index contributed by atoms with van der Waals surface area (Å²) in [5.41, 5.74) is 2.70. The number of hydrogen-bond acceptors (Lipinski definition) is 3. The van der Waals surface area contributed by atoms with Gasteiger partial charge in [0.1, 0.15) is 0 Å². The third-order valence-electron chi connectivity index (χ3n) is 4.79. The molecule has 1 aliphatic carbocycles. The van der Waals surface area contributed by atoms with Gasteiger partial charge >= 0.3 is 0 Å². The Labute approximate surface area is 133 Å². The van der Waals surface area contributed by atoms with E-state index in [4.69, 9.17) is 11.6 Å². The quantitative estimate of drug-likeness (QED) is 0.901. The molecule has 0 amide bonds. The van der Waals surface area contributed by atoms with Crippen molar-refractivity contribution in [3.05, 3.63) is 28.8 Å². The van der Waals surface area contributed by atoms with E-state index in [1.807, 2.05) is 6.07 Å². The highest BCUT2D eigenvalue weighted by molar-refractivity contribution is 6.30. The standard InChI is InChI=1S/C17H26ClN3/c1-3-16-12-21(9-8-20(16)2)17-10-14(18)5-4-13(17)11-19-15-6-7-15/h4-5,10,15-16,19H,3,6-9,11-12H2,1-2H3. The Balaban J connectivity index is 1.76. The van der Waals surface area contributed by atoms with E-state index in [0.29, 0.717) is 6.04 Å². The Morgan fingerprint density at radius 3 is 2.81 bits per heavy atom. The average Bonchev–Trinajstić information content (AvgIpc) is 3.31. The minimum absolute atomic E-state index is 0.641. The van der Waals surface area contributed by atoms with Crippen molar-refractivity contribution < 1.29 is 0 Å². The molecule has 3 rings (SSSR count). The topological polar surface area (TPSA) is 18.5 Å². The van der Waals surface area contributed by atoms with Gasteiger partial charge in [0.2, 0.25) is 0 Å². The second-order valence-corrected chi connectivity index (χ2v) is 6.85. The van der Waals surface area contributed by atoms with Crippen LogP contribution in [0, 0.1) is 0 Å². The summed E-state index contributed by atoms with van der Waals surface area (Å²) in [6.45, 7) is 6.55. The molecule has 1 aromatic rings. The molecule has 0 radical (unpaired) electrons. The van der Waals surface area contributed by atoms with Crippen LogP contribution in [0.15, 0.2) is 18.2 Å². The van der Waals surface area contributed by atoms with Gasteiger partial charge < -0.3 is 10.2 Å². The maximum absolute atomic E-state index is 6.25. The van der Waals surface area contributed by atoms with Gasteiger partial charge in [-0.2, -0.15) is 0 Å². The maximum Gasteiger partial charge on any atom is 0.0427 e. The number of rotatable bonds is 5. The van der Waals surface area contributed by atoms with E-state index in [2.05, 4.69) is 41.2 Å². The molecular weight excluding hydrogens is 282 g/mol. The molecule has 4 heteroatoms. The minimum atomic E-state index is 0.641. The number of piperazine rings is 1. The van der Waals surface area contributed by atoms with Gasteiger partial charge in [-0.25, -0.2) is 0 Å². The van der Waals surface area contributed by atoms with Gasteiger partial charge in [-0.1, -0.05) is 24.6 Å². The van der Waals surface area contributed by atoms with Crippen LogP contribution in [0.25, 0.3) is 0 Å². The van der Waals surface area contributed by atoms with Crippen LogP contribution in [-0.2, 0) is 6.54 Å². The van der Waals surface area contributed by atoms with E-state index >= 15 is 0 Å². The van der Waals surface area contributed by atoms with E-state index in [9.17, 15) is 0 Å². The fourth-order valence-electron chi connectivity index (χ4n) is 3.13. The molecule has 1 saturated heterocycles. The second-order valence-electron chi connectivity index (χ2n) is 6.42. The van der Waals surface area contributed by atoms with Crippen molar-refractivity contribution in [2.45, 2.75) is 44.8 Å². The average molecular weight is 308 g/mol. The highest BCUT2D eigenvalue weighted by Crippen LogP contribution is 2.28. The Hall–Kier alpha value is -0.770. The molecule has 0 aromatic heterocycles. The van der Waals surface area contributed by atoms with Crippen LogP contribution in [0.4, 0.5) is 5.69 Å². The summed E-state index contributed by atoms with van der Waals surface area (Å²) in [5, 5.41) is 4.47. The molecule has 1 saturated carbocycles. The number of benzene rings is 1. The lowest BCUT2D eigenvalue weighted by Crippen LogP contribution is -2.51. The first-order valence-electron chi connectivity index (χ1n) is 8.14. The molecule has 1 N–H and O–H groups in total. The van der Waals surface area contributed by atoms with Gasteiger partial charge in [0.15, 0.2) is 0 Å². The number of nitrogens with one attached hydrogen (secondary N) is 1. The lowest BCUT2D eigenvalue weighted by atomic mass is 10.1. The third kappa shape index (κ3) is 3.71. The number of hydrogen-bond donors (Lipinski definition) is 1. The smallest absolute Gasteiger partial charge is 0.0427 e. The molecule has 1 unspecified atom stereocenters. The van der Waals surface area contributed by atoms with Crippen molar-refractivity contribution in [3.8, 4) is 0 Å². The molecule has 2 fully saturated rings. The van der Waals surface area contributed by atoms with E-state index in [0.717, 1.165) is 37.2 Å². The summed E-state index contributed by atoms with van der Waals surface area (Å²) in [5.74, 6) is 0. The number of halogens is 1. The highest BCUT2D eigenvalue weighted by Gasteiger charge is 2.25. The summed E-state index contributed by atoms with van der Waals surface area (Å²) in [7, 11) is 2.24. The SMILES string of the molecule is CCC1CN(c2cc(Cl)ccc2CNC2CC2)CCN1C. The summed E-state index contributed by atoms with van der Waals surface area (Å²) in [6.07, 6.45) is 3.86. The molecule has 0 spiro atoms. The Kier molecular flexibility index (Phi) is 4.72. The summed E-state index contributed by atoms with van der Waals surface area (Å²) >= 11 is 6.25. The van der Waals surface area contributed by atoms with Crippen LogP contribution in [0.1, 0.15) is 31.7 Å². The maximum atomic E-state index is 6.25. The molecule has 2 aliphatic rings. The van der Waals surface area contributed by atoms with E-state index in [-0.39, 0.29) is 0 Å². The lowest BCUT2D eigenvalue weighted by molar-refractivity contribution is 0.213. The summed E-state index contributed by atoms with van der Waals surface area (Å²) in [6, 6.07) is 7.73. The molecule has 1 heterocycles. The normalized spacial score (nSPS) is 23.6. The third-order valence-corrected chi connectivity index (χ3v) is 5.03. The van der Waals surface area contributed by atoms with Gasteiger partial charge in [-0.3, -0.25) is 4.90 Å². The monoisotopic (exact) mass is 307 g/mol. The first kappa shape index (κ1) is 15.1. The number of anilines is 1. The van der Waals surface area contributed by atoms with Crippen LogP contribution < -0.4 is 10.2 Å². The second kappa shape index (κ2) is 6.55. The highest BCUT2D eigenvalue weighted by atomic mass is 35.5. The predicted octanol–water partition coefficient (Wildman–Crippen LogP) is 3.12. The molecule has 1 aliphatic heterocycles. The number of likely N-dealkylation sites (N-methyl/N-ethyl adjacent to an activating group) is 1. The molecule has 21 heavy (non-hydrogen) atoms. The predicted molar refractivity (Wildman–Crippen MR) is 90.2 cm³/mol. The molecular formula is C17H26ClN3. The zero-order valence-electron chi connectivity index (χ0n) is 13.1. The molecule has 116 valence electrons. The molecule has 0 bridgehead atoms. The van der Waals surface area contributed by atoms with Gasteiger partial charge in [0, 0.05) is 49.0 Å². The van der Waals surface area contributed by atoms with Crippen molar-refractivity contribution in [1.82, 2.24) is 10.2 Å². The van der Waals surface area contributed by atoms with Gasteiger partial charge in [-0.05, 0) is 44.0 Å². The van der Waals surface area contributed by atoms with Crippen molar-refractivity contribution in [1.29, 1.82) is 0 Å². The van der Waals surface area contributed by atoms with Crippen molar-refractivity contribution >= 4 is 17.3 Å². The van der Waals surface area contributed by atoms with Crippen molar-refractivity contribution in [2.75, 3.05) is 31.6 Å². The van der Waals surface area contributed by atoms with Crippen LogP contribution in [-0.4, -0.2) is 43.7 Å². The van der Waals surface area contributed by atoms with Crippen LogP contribution in [0.2, 0.25) is 5.02 Å². The molecule has 1 atom stereocenters. The lowest BCUT2D eigenvalue weighted by Gasteiger charge is -2.41. The van der Waals surface area contributed by atoms with Gasteiger partial charge in [0.05, 0.1) is 0 Å². The molecule has 1 aromatic carbocycles. The van der Waals surface area contributed by atoms with Crippen LogP contribution >= 0.6 is 11.6 Å². The minimum Gasteiger partial charge on any atom is -0.368 e. The van der Waals surface area contributed by atoms with Crippen LogP contribution in [0.3, 0.4) is 0 Å². The molecule has 3 nitrogen and oxygen atoms in total. The Morgan fingerprint density at radius 2 is 2.10 bits per heavy atom. The first-order valence-corrected chi connectivity index (χ1v) is 8.52. The largest absolute Gasteiger partial charge is 0.368 e. The van der Waals surface area contributed by atoms with E-state index < -0.39 is 0 Å². The van der Waals surface area contributed by atoms with E-state index in [1.54, 1.807) is 0 Å². The van der Waals surface area contributed by atoms with Gasteiger partial charge in [-0.15, -0.1) is 0 Å². The summed E-state index contributed by atoms with van der Waals surface area (Å²) < 4.78 is 0. The van der Waals surface area contributed by atoms with Crippen molar-refractivity contribution in [3.63, 3.8) is 0 Å². The fourth-order valence-corrected chi connectivity index (χ4v) is 3.29. The Morgan fingerprint density at radius 1 is 1.29 bits per heavy atom. The summed E-state index contributed by atoms with van der Waals surface area (Å²) in [4.78, 5) is 4.99. The zero-order valence-corrected chi connectivity index (χ0v) is 13.9. The van der Waals surface area contributed by atoms with Crippen LogP contribution in [0.5, 0.6) is 0 Å². The van der Waals surface area contributed by atoms with Gasteiger partial charge in [0.25, 0.3) is 0 Å². The van der Waals surface area contributed by atoms with Crippen molar-refractivity contribution in [2.24, 2.45) is 0 Å². The number of nitrogens with zero attached hydrogens (tertiary/aromatic N) is 2. The Bertz CT molecular complexity index is 487.